The van der Waals surface area contributed by atoms with E-state index in [1.54, 1.807) is 0 Å². The Morgan fingerprint density at radius 2 is 1.84 bits per heavy atom. The van der Waals surface area contributed by atoms with Crippen LogP contribution < -0.4 is 10.6 Å². The summed E-state index contributed by atoms with van der Waals surface area (Å²) in [6, 6.07) is 6.32. The van der Waals surface area contributed by atoms with Gasteiger partial charge in [-0.15, -0.1) is 0 Å². The summed E-state index contributed by atoms with van der Waals surface area (Å²) in [5, 5.41) is 0. The average molecular weight is 346 g/mol. The van der Waals surface area contributed by atoms with E-state index in [4.69, 9.17) is 5.73 Å². The zero-order valence-corrected chi connectivity index (χ0v) is 16.3. The molecule has 25 heavy (non-hydrogen) atoms. The highest BCUT2D eigenvalue weighted by Gasteiger charge is 2.20. The summed E-state index contributed by atoms with van der Waals surface area (Å²) in [7, 11) is 0. The summed E-state index contributed by atoms with van der Waals surface area (Å²) < 4.78 is 0. The molecule has 0 bridgehead atoms. The van der Waals surface area contributed by atoms with Gasteiger partial charge in [0.1, 0.15) is 0 Å². The van der Waals surface area contributed by atoms with E-state index in [0.29, 0.717) is 6.42 Å². The largest absolute Gasteiger partial charge is 0.397 e. The summed E-state index contributed by atoms with van der Waals surface area (Å²) in [6.45, 7) is 10.6. The molecule has 4 heteroatoms. The van der Waals surface area contributed by atoms with Gasteiger partial charge in [0.2, 0.25) is 5.91 Å². The standard InChI is InChI=1S/C21H35N3O/c1-4-12-23(13-5-2)20-8-6-18(16-19(20)22)7-9-21(25)24-14-10-17(3)11-15-24/h6,8,16-17H,4-5,7,9-15,22H2,1-3H3. The Balaban J connectivity index is 1.92. The van der Waals surface area contributed by atoms with Gasteiger partial charge >= 0.3 is 0 Å². The predicted octanol–water partition coefficient (Wildman–Crippen LogP) is 4.09. The number of nitrogen functional groups attached to an aromatic ring is 1. The smallest absolute Gasteiger partial charge is 0.222 e. The molecule has 1 amide bonds. The molecule has 4 nitrogen and oxygen atoms in total. The summed E-state index contributed by atoms with van der Waals surface area (Å²) in [5.74, 6) is 1.04. The molecule has 2 rings (SSSR count). The monoisotopic (exact) mass is 345 g/mol. The first-order valence-corrected chi connectivity index (χ1v) is 9.96. The zero-order valence-electron chi connectivity index (χ0n) is 16.3. The summed E-state index contributed by atoms with van der Waals surface area (Å²) in [4.78, 5) is 16.8. The molecule has 0 aromatic heterocycles. The van der Waals surface area contributed by atoms with Crippen molar-refractivity contribution in [2.45, 2.75) is 59.3 Å². The van der Waals surface area contributed by atoms with Gasteiger partial charge in [-0.1, -0.05) is 26.8 Å². The number of nitrogens with two attached hydrogens (primary N) is 1. The second-order valence-corrected chi connectivity index (χ2v) is 7.44. The average Bonchev–Trinajstić information content (AvgIpc) is 2.60. The maximum atomic E-state index is 12.4. The minimum Gasteiger partial charge on any atom is -0.397 e. The van der Waals surface area contributed by atoms with Gasteiger partial charge in [-0.25, -0.2) is 0 Å². The van der Waals surface area contributed by atoms with Crippen LogP contribution in [0.3, 0.4) is 0 Å². The molecular formula is C21H35N3O. The number of hydrogen-bond donors (Lipinski definition) is 1. The van der Waals surface area contributed by atoms with Crippen molar-refractivity contribution in [3.05, 3.63) is 23.8 Å². The van der Waals surface area contributed by atoms with Crippen LogP contribution in [0.5, 0.6) is 0 Å². The predicted molar refractivity (Wildman–Crippen MR) is 107 cm³/mol. The lowest BCUT2D eigenvalue weighted by atomic mass is 9.98. The van der Waals surface area contributed by atoms with E-state index >= 15 is 0 Å². The Kier molecular flexibility index (Phi) is 7.60. The van der Waals surface area contributed by atoms with Gasteiger partial charge < -0.3 is 15.5 Å². The van der Waals surface area contributed by atoms with Gasteiger partial charge in [0, 0.05) is 32.6 Å². The Bertz CT molecular complexity index is 544. The van der Waals surface area contributed by atoms with Crippen molar-refractivity contribution >= 4 is 17.3 Å². The van der Waals surface area contributed by atoms with Crippen molar-refractivity contribution in [3.8, 4) is 0 Å². The molecule has 0 radical (unpaired) electrons. The van der Waals surface area contributed by atoms with E-state index in [2.05, 4.69) is 43.9 Å². The molecule has 0 unspecified atom stereocenters. The van der Waals surface area contributed by atoms with Crippen molar-refractivity contribution in [1.29, 1.82) is 0 Å². The van der Waals surface area contributed by atoms with Gasteiger partial charge in [-0.2, -0.15) is 0 Å². The molecule has 140 valence electrons. The number of rotatable bonds is 8. The highest BCUT2D eigenvalue weighted by molar-refractivity contribution is 5.77. The molecular weight excluding hydrogens is 310 g/mol. The van der Waals surface area contributed by atoms with E-state index in [0.717, 1.165) is 81.1 Å². The van der Waals surface area contributed by atoms with E-state index in [-0.39, 0.29) is 5.91 Å². The quantitative estimate of drug-likeness (QED) is 0.722. The molecule has 1 fully saturated rings. The maximum absolute atomic E-state index is 12.4. The van der Waals surface area contributed by atoms with Gasteiger partial charge in [0.05, 0.1) is 11.4 Å². The van der Waals surface area contributed by atoms with E-state index < -0.39 is 0 Å². The van der Waals surface area contributed by atoms with Gasteiger partial charge in [0.15, 0.2) is 0 Å². The first-order valence-electron chi connectivity index (χ1n) is 9.96. The summed E-state index contributed by atoms with van der Waals surface area (Å²) >= 11 is 0. The van der Waals surface area contributed by atoms with Gasteiger partial charge in [0.25, 0.3) is 0 Å². The minimum absolute atomic E-state index is 0.285. The number of piperidine rings is 1. The van der Waals surface area contributed by atoms with Crippen molar-refractivity contribution in [3.63, 3.8) is 0 Å². The highest BCUT2D eigenvalue weighted by Crippen LogP contribution is 2.26. The second kappa shape index (κ2) is 9.69. The Morgan fingerprint density at radius 1 is 1.20 bits per heavy atom. The fraction of sp³-hybridized carbons (Fsp3) is 0.667. The molecule has 1 aliphatic rings. The van der Waals surface area contributed by atoms with E-state index in [1.165, 1.54) is 0 Å². The number of carbonyl (C=O) groups excluding carboxylic acids is 1. The van der Waals surface area contributed by atoms with Crippen LogP contribution in [0.1, 0.15) is 58.4 Å². The van der Waals surface area contributed by atoms with Crippen molar-refractivity contribution in [2.75, 3.05) is 36.8 Å². The second-order valence-electron chi connectivity index (χ2n) is 7.44. The van der Waals surface area contributed by atoms with Crippen molar-refractivity contribution in [1.82, 2.24) is 4.90 Å². The Labute approximate surface area is 153 Å². The molecule has 2 N–H and O–H groups in total. The Hall–Kier alpha value is -1.71. The molecule has 0 aliphatic carbocycles. The lowest BCUT2D eigenvalue weighted by molar-refractivity contribution is -0.132. The third-order valence-corrected chi connectivity index (χ3v) is 5.18. The number of anilines is 2. The number of benzene rings is 1. The minimum atomic E-state index is 0.285. The van der Waals surface area contributed by atoms with Crippen LogP contribution in [0.4, 0.5) is 11.4 Å². The number of nitrogens with zero attached hydrogens (tertiary/aromatic N) is 2. The molecule has 1 saturated heterocycles. The molecule has 1 aromatic carbocycles. The fourth-order valence-electron chi connectivity index (χ4n) is 3.61. The summed E-state index contributed by atoms with van der Waals surface area (Å²) in [6.07, 6.45) is 5.86. The summed E-state index contributed by atoms with van der Waals surface area (Å²) in [5.41, 5.74) is 9.43. The normalized spacial score (nSPS) is 15.4. The molecule has 1 heterocycles. The van der Waals surface area contributed by atoms with E-state index in [1.807, 2.05) is 4.90 Å². The van der Waals surface area contributed by atoms with Crippen LogP contribution in [0.25, 0.3) is 0 Å². The third kappa shape index (κ3) is 5.65. The fourth-order valence-corrected chi connectivity index (χ4v) is 3.61. The van der Waals surface area contributed by atoms with Crippen LogP contribution in [0.2, 0.25) is 0 Å². The highest BCUT2D eigenvalue weighted by atomic mass is 16.2. The first kappa shape index (κ1) is 19.6. The lowest BCUT2D eigenvalue weighted by Crippen LogP contribution is -2.38. The van der Waals surface area contributed by atoms with Crippen LogP contribution in [0.15, 0.2) is 18.2 Å². The van der Waals surface area contributed by atoms with Crippen LogP contribution in [0, 0.1) is 5.92 Å². The van der Waals surface area contributed by atoms with E-state index in [9.17, 15) is 4.79 Å². The molecule has 1 aliphatic heterocycles. The van der Waals surface area contributed by atoms with Gasteiger partial charge in [-0.05, 0) is 55.7 Å². The van der Waals surface area contributed by atoms with Crippen LogP contribution in [-0.4, -0.2) is 37.0 Å². The van der Waals surface area contributed by atoms with Crippen molar-refractivity contribution < 1.29 is 4.79 Å². The zero-order chi connectivity index (χ0) is 18.2. The number of likely N-dealkylation sites (tertiary alicyclic amines) is 1. The molecule has 0 saturated carbocycles. The topological polar surface area (TPSA) is 49.6 Å². The Morgan fingerprint density at radius 3 is 2.40 bits per heavy atom. The lowest BCUT2D eigenvalue weighted by Gasteiger charge is -2.30. The van der Waals surface area contributed by atoms with Crippen LogP contribution in [-0.2, 0) is 11.2 Å². The number of hydrogen-bond acceptors (Lipinski definition) is 3. The molecule has 0 spiro atoms. The first-order chi connectivity index (χ1) is 12.0. The molecule has 1 aromatic rings. The number of carbonyl (C=O) groups is 1. The number of aryl methyl sites for hydroxylation is 1. The molecule has 0 atom stereocenters. The maximum Gasteiger partial charge on any atom is 0.222 e. The number of amides is 1. The van der Waals surface area contributed by atoms with Gasteiger partial charge in [-0.3, -0.25) is 4.79 Å². The van der Waals surface area contributed by atoms with Crippen molar-refractivity contribution in [2.24, 2.45) is 5.92 Å². The SMILES string of the molecule is CCCN(CCC)c1ccc(CCC(=O)N2CCC(C)CC2)cc1N. The van der Waals surface area contributed by atoms with Crippen LogP contribution >= 0.6 is 0 Å². The third-order valence-electron chi connectivity index (χ3n) is 5.18.